The van der Waals surface area contributed by atoms with E-state index in [9.17, 15) is 4.79 Å². The van der Waals surface area contributed by atoms with Gasteiger partial charge in [-0.05, 0) is 37.1 Å². The fourth-order valence-electron chi connectivity index (χ4n) is 2.73. The summed E-state index contributed by atoms with van der Waals surface area (Å²) in [4.78, 5) is 18.9. The first-order valence-electron chi connectivity index (χ1n) is 8.44. The molecule has 0 aliphatic carbocycles. The first kappa shape index (κ1) is 16.8. The van der Waals surface area contributed by atoms with Crippen LogP contribution in [0.4, 0.5) is 5.13 Å². The molecule has 1 aromatic heterocycles. The van der Waals surface area contributed by atoms with Gasteiger partial charge < -0.3 is 15.0 Å². The fourth-order valence-corrected chi connectivity index (χ4v) is 3.41. The lowest BCUT2D eigenvalue weighted by Crippen LogP contribution is -2.37. The summed E-state index contributed by atoms with van der Waals surface area (Å²) in [5.41, 5.74) is 0.672. The van der Waals surface area contributed by atoms with Crippen molar-refractivity contribution in [1.82, 2.24) is 10.3 Å². The maximum atomic E-state index is 12.4. The summed E-state index contributed by atoms with van der Waals surface area (Å²) < 4.78 is 5.63. The molecule has 1 fully saturated rings. The van der Waals surface area contributed by atoms with E-state index in [2.05, 4.69) is 22.1 Å². The van der Waals surface area contributed by atoms with Crippen molar-refractivity contribution >= 4 is 22.4 Å². The van der Waals surface area contributed by atoms with Crippen LogP contribution in [0, 0.1) is 0 Å². The third-order valence-electron chi connectivity index (χ3n) is 4.10. The monoisotopic (exact) mass is 345 g/mol. The number of carbonyl (C=O) groups excluding carboxylic acids is 1. The van der Waals surface area contributed by atoms with Crippen molar-refractivity contribution in [2.24, 2.45) is 0 Å². The minimum Gasteiger partial charge on any atom is -0.494 e. The van der Waals surface area contributed by atoms with E-state index in [0.717, 1.165) is 49.8 Å². The highest BCUT2D eigenvalue weighted by molar-refractivity contribution is 7.13. The van der Waals surface area contributed by atoms with Crippen LogP contribution in [-0.2, 0) is 0 Å². The van der Waals surface area contributed by atoms with Gasteiger partial charge in [0.15, 0.2) is 5.13 Å². The van der Waals surface area contributed by atoms with Crippen molar-refractivity contribution in [1.29, 1.82) is 0 Å². The molecular formula is C18H23N3O2S. The smallest absolute Gasteiger partial charge is 0.251 e. The zero-order chi connectivity index (χ0) is 16.8. The highest BCUT2D eigenvalue weighted by Crippen LogP contribution is 2.22. The number of thiazole rings is 1. The summed E-state index contributed by atoms with van der Waals surface area (Å²) in [6.45, 7) is 4.60. The van der Waals surface area contributed by atoms with E-state index >= 15 is 0 Å². The Morgan fingerprint density at radius 3 is 2.96 bits per heavy atom. The molecule has 1 aliphatic rings. The van der Waals surface area contributed by atoms with Crippen molar-refractivity contribution < 1.29 is 9.53 Å². The largest absolute Gasteiger partial charge is 0.494 e. The fraction of sp³-hybridized carbons (Fsp3) is 0.444. The number of hydrogen-bond acceptors (Lipinski definition) is 5. The molecule has 24 heavy (non-hydrogen) atoms. The summed E-state index contributed by atoms with van der Waals surface area (Å²) in [5, 5.41) is 6.12. The Morgan fingerprint density at radius 2 is 2.25 bits per heavy atom. The van der Waals surface area contributed by atoms with Crippen LogP contribution in [0.2, 0.25) is 0 Å². The minimum atomic E-state index is -0.0268. The number of ether oxygens (including phenoxy) is 1. The number of rotatable bonds is 7. The van der Waals surface area contributed by atoms with E-state index in [-0.39, 0.29) is 11.9 Å². The van der Waals surface area contributed by atoms with E-state index in [1.165, 1.54) is 0 Å². The average molecular weight is 345 g/mol. The van der Waals surface area contributed by atoms with Crippen LogP contribution in [-0.4, -0.2) is 36.6 Å². The third-order valence-corrected chi connectivity index (χ3v) is 4.93. The van der Waals surface area contributed by atoms with Crippen molar-refractivity contribution in [3.63, 3.8) is 0 Å². The molecule has 1 aliphatic heterocycles. The molecule has 0 bridgehead atoms. The zero-order valence-electron chi connectivity index (χ0n) is 13.9. The van der Waals surface area contributed by atoms with Crippen LogP contribution in [0.25, 0.3) is 0 Å². The number of unbranched alkanes of at least 4 members (excludes halogenated alkanes) is 1. The lowest BCUT2D eigenvalue weighted by atomic mass is 10.2. The van der Waals surface area contributed by atoms with Crippen LogP contribution in [0.15, 0.2) is 35.8 Å². The van der Waals surface area contributed by atoms with Gasteiger partial charge in [-0.25, -0.2) is 4.98 Å². The molecule has 1 atom stereocenters. The first-order chi connectivity index (χ1) is 11.8. The summed E-state index contributed by atoms with van der Waals surface area (Å²) in [6.07, 6.45) is 4.92. The Balaban J connectivity index is 1.50. The molecule has 1 unspecified atom stereocenters. The maximum absolute atomic E-state index is 12.4. The Labute approximate surface area is 146 Å². The van der Waals surface area contributed by atoms with Gasteiger partial charge >= 0.3 is 0 Å². The Bertz CT molecular complexity index is 643. The Hall–Kier alpha value is -2.08. The van der Waals surface area contributed by atoms with Gasteiger partial charge in [0.05, 0.1) is 6.61 Å². The van der Waals surface area contributed by atoms with Crippen LogP contribution < -0.4 is 15.0 Å². The highest BCUT2D eigenvalue weighted by Gasteiger charge is 2.25. The van der Waals surface area contributed by atoms with E-state index < -0.39 is 0 Å². The van der Waals surface area contributed by atoms with E-state index in [0.29, 0.717) is 5.56 Å². The summed E-state index contributed by atoms with van der Waals surface area (Å²) in [6, 6.07) is 7.54. The molecular weight excluding hydrogens is 322 g/mol. The quantitative estimate of drug-likeness (QED) is 0.782. The first-order valence-corrected chi connectivity index (χ1v) is 9.32. The molecule has 0 saturated carbocycles. The van der Waals surface area contributed by atoms with Gasteiger partial charge in [0.1, 0.15) is 5.75 Å². The van der Waals surface area contributed by atoms with Gasteiger partial charge in [-0.3, -0.25) is 4.79 Å². The van der Waals surface area contributed by atoms with Crippen molar-refractivity contribution in [3.05, 3.63) is 41.4 Å². The number of aromatic nitrogens is 1. The molecule has 128 valence electrons. The highest BCUT2D eigenvalue weighted by atomic mass is 32.1. The molecule has 3 rings (SSSR count). The molecule has 1 amide bonds. The van der Waals surface area contributed by atoms with Gasteiger partial charge in [-0.1, -0.05) is 13.3 Å². The van der Waals surface area contributed by atoms with Crippen LogP contribution in [0.1, 0.15) is 36.5 Å². The lowest BCUT2D eigenvalue weighted by molar-refractivity contribution is 0.0940. The van der Waals surface area contributed by atoms with Crippen molar-refractivity contribution in [3.8, 4) is 5.75 Å². The normalized spacial score (nSPS) is 17.0. The topological polar surface area (TPSA) is 54.5 Å². The van der Waals surface area contributed by atoms with E-state index in [4.69, 9.17) is 4.74 Å². The number of benzene rings is 1. The number of carbonyl (C=O) groups is 1. The van der Waals surface area contributed by atoms with Gasteiger partial charge in [0.25, 0.3) is 5.91 Å². The van der Waals surface area contributed by atoms with Gasteiger partial charge in [0, 0.05) is 36.3 Å². The predicted octanol–water partition coefficient (Wildman–Crippen LogP) is 3.33. The molecule has 0 spiro atoms. The van der Waals surface area contributed by atoms with Crippen LogP contribution in [0.3, 0.4) is 0 Å². The van der Waals surface area contributed by atoms with Gasteiger partial charge in [0.2, 0.25) is 0 Å². The molecule has 0 radical (unpaired) electrons. The molecule has 1 N–H and O–H groups in total. The number of hydrogen-bond donors (Lipinski definition) is 1. The van der Waals surface area contributed by atoms with Crippen LogP contribution >= 0.6 is 11.3 Å². The number of nitrogens with one attached hydrogen (secondary N) is 1. The van der Waals surface area contributed by atoms with Gasteiger partial charge in [-0.15, -0.1) is 11.3 Å². The van der Waals surface area contributed by atoms with Crippen molar-refractivity contribution in [2.45, 2.75) is 32.2 Å². The molecule has 1 aromatic carbocycles. The third kappa shape index (κ3) is 4.26. The molecule has 2 heterocycles. The van der Waals surface area contributed by atoms with Gasteiger partial charge in [-0.2, -0.15) is 0 Å². The lowest BCUT2D eigenvalue weighted by Gasteiger charge is -2.16. The van der Waals surface area contributed by atoms with E-state index in [1.54, 1.807) is 11.3 Å². The minimum absolute atomic E-state index is 0.0268. The number of nitrogens with zero attached hydrogens (tertiary/aromatic N) is 2. The second-order valence-corrected chi connectivity index (χ2v) is 6.82. The molecule has 6 heteroatoms. The van der Waals surface area contributed by atoms with E-state index in [1.807, 2.05) is 35.8 Å². The standard InChI is InChI=1S/C18H23N3O2S/c1-2-3-11-23-16-6-4-14(5-7-16)17(22)20-15-8-10-21(13-15)18-19-9-12-24-18/h4-7,9,12,15H,2-3,8,10-11,13H2,1H3,(H,20,22). The second kappa shape index (κ2) is 8.15. The SMILES string of the molecule is CCCCOc1ccc(C(=O)NC2CCN(c3nccs3)C2)cc1. The zero-order valence-corrected chi connectivity index (χ0v) is 14.7. The summed E-state index contributed by atoms with van der Waals surface area (Å²) in [7, 11) is 0. The molecule has 2 aromatic rings. The van der Waals surface area contributed by atoms with Crippen molar-refractivity contribution in [2.75, 3.05) is 24.6 Å². The summed E-state index contributed by atoms with van der Waals surface area (Å²) >= 11 is 1.64. The molecule has 5 nitrogen and oxygen atoms in total. The maximum Gasteiger partial charge on any atom is 0.251 e. The Morgan fingerprint density at radius 1 is 1.42 bits per heavy atom. The second-order valence-electron chi connectivity index (χ2n) is 5.95. The number of anilines is 1. The number of amides is 1. The molecule has 1 saturated heterocycles. The Kier molecular flexibility index (Phi) is 5.69. The van der Waals surface area contributed by atoms with Crippen LogP contribution in [0.5, 0.6) is 5.75 Å². The predicted molar refractivity (Wildman–Crippen MR) is 97.0 cm³/mol. The average Bonchev–Trinajstić information content (AvgIpc) is 3.27. The summed E-state index contributed by atoms with van der Waals surface area (Å²) in [5.74, 6) is 0.789.